The van der Waals surface area contributed by atoms with Crippen molar-refractivity contribution in [2.75, 3.05) is 0 Å². The number of nitrogens with zero attached hydrogens (tertiary/aromatic N) is 1. The number of pyridine rings is 1. The summed E-state index contributed by atoms with van der Waals surface area (Å²) < 4.78 is 0. The Labute approximate surface area is 127 Å². The maximum absolute atomic E-state index is 12.0. The molecule has 1 aromatic heterocycles. The molecular formula is C15H15ClN2OS. The largest absolute Gasteiger partial charge is 0.351 e. The van der Waals surface area contributed by atoms with Crippen molar-refractivity contribution in [2.24, 2.45) is 0 Å². The Hall–Kier alpha value is -1.52. The second-order valence-electron chi connectivity index (χ2n) is 4.28. The summed E-state index contributed by atoms with van der Waals surface area (Å²) in [7, 11) is 0. The summed E-state index contributed by atoms with van der Waals surface area (Å²) in [6.45, 7) is 2.35. The van der Waals surface area contributed by atoms with E-state index in [4.69, 9.17) is 11.6 Å². The molecule has 0 radical (unpaired) electrons. The van der Waals surface area contributed by atoms with Crippen molar-refractivity contribution in [3.8, 4) is 0 Å². The minimum absolute atomic E-state index is 0.0133. The van der Waals surface area contributed by atoms with Crippen molar-refractivity contribution in [1.29, 1.82) is 0 Å². The number of hydrogen-bond acceptors (Lipinski definition) is 3. The average molecular weight is 307 g/mol. The van der Waals surface area contributed by atoms with Crippen LogP contribution in [0.5, 0.6) is 0 Å². The SMILES string of the molecule is C[C@@H](Sc1ccccn1)C(=O)NCc1cccc(Cl)c1. The highest BCUT2D eigenvalue weighted by Crippen LogP contribution is 2.20. The van der Waals surface area contributed by atoms with Crippen molar-refractivity contribution in [3.05, 3.63) is 59.2 Å². The monoisotopic (exact) mass is 306 g/mol. The van der Waals surface area contributed by atoms with Gasteiger partial charge in [0.15, 0.2) is 0 Å². The van der Waals surface area contributed by atoms with Gasteiger partial charge in [-0.3, -0.25) is 4.79 Å². The number of aromatic nitrogens is 1. The summed E-state index contributed by atoms with van der Waals surface area (Å²) in [5.41, 5.74) is 0.987. The van der Waals surface area contributed by atoms with Crippen molar-refractivity contribution in [3.63, 3.8) is 0 Å². The lowest BCUT2D eigenvalue weighted by atomic mass is 10.2. The summed E-state index contributed by atoms with van der Waals surface area (Å²) in [6.07, 6.45) is 1.72. The topological polar surface area (TPSA) is 42.0 Å². The molecule has 1 atom stereocenters. The number of hydrogen-bond donors (Lipinski definition) is 1. The summed E-state index contributed by atoms with van der Waals surface area (Å²) in [6, 6.07) is 13.1. The number of amides is 1. The first kappa shape index (κ1) is 14.9. The van der Waals surface area contributed by atoms with Gasteiger partial charge in [0, 0.05) is 17.8 Å². The first-order valence-corrected chi connectivity index (χ1v) is 7.51. The van der Waals surface area contributed by atoms with Gasteiger partial charge in [0.05, 0.1) is 10.3 Å². The molecule has 0 bridgehead atoms. The molecule has 0 saturated heterocycles. The van der Waals surface area contributed by atoms with E-state index >= 15 is 0 Å². The summed E-state index contributed by atoms with van der Waals surface area (Å²) in [4.78, 5) is 16.2. The zero-order valence-electron chi connectivity index (χ0n) is 11.0. The lowest BCUT2D eigenvalue weighted by molar-refractivity contribution is -0.120. The van der Waals surface area contributed by atoms with Crippen molar-refractivity contribution < 1.29 is 4.79 Å². The van der Waals surface area contributed by atoms with Crippen LogP contribution >= 0.6 is 23.4 Å². The van der Waals surface area contributed by atoms with Gasteiger partial charge in [-0.15, -0.1) is 0 Å². The molecule has 20 heavy (non-hydrogen) atoms. The standard InChI is InChI=1S/C15H15ClN2OS/c1-11(20-14-7-2-3-8-17-14)15(19)18-10-12-5-4-6-13(16)9-12/h2-9,11H,10H2,1H3,(H,18,19)/t11-/m1/s1. The maximum atomic E-state index is 12.0. The van der Waals surface area contributed by atoms with Crippen LogP contribution in [0.15, 0.2) is 53.7 Å². The van der Waals surface area contributed by atoms with Crippen LogP contribution in [0.1, 0.15) is 12.5 Å². The Kier molecular flexibility index (Phi) is 5.44. The average Bonchev–Trinajstić information content (AvgIpc) is 2.46. The fraction of sp³-hybridized carbons (Fsp3) is 0.200. The Morgan fingerprint density at radius 3 is 2.90 bits per heavy atom. The van der Waals surface area contributed by atoms with Crippen LogP contribution in [0.3, 0.4) is 0 Å². The Balaban J connectivity index is 1.85. The first-order chi connectivity index (χ1) is 9.65. The van der Waals surface area contributed by atoms with E-state index in [1.807, 2.05) is 49.4 Å². The van der Waals surface area contributed by atoms with Gasteiger partial charge in [-0.1, -0.05) is 41.6 Å². The number of carbonyl (C=O) groups is 1. The van der Waals surface area contributed by atoms with E-state index in [0.29, 0.717) is 11.6 Å². The normalized spacial score (nSPS) is 11.9. The van der Waals surface area contributed by atoms with E-state index < -0.39 is 0 Å². The molecule has 0 spiro atoms. The van der Waals surface area contributed by atoms with Crippen LogP contribution in [0.2, 0.25) is 5.02 Å². The molecule has 1 N–H and O–H groups in total. The molecule has 0 aliphatic rings. The van der Waals surface area contributed by atoms with Crippen LogP contribution < -0.4 is 5.32 Å². The van der Waals surface area contributed by atoms with Crippen LogP contribution in [-0.2, 0) is 11.3 Å². The predicted octanol–water partition coefficient (Wildman–Crippen LogP) is 3.53. The first-order valence-electron chi connectivity index (χ1n) is 6.25. The molecule has 1 heterocycles. The minimum Gasteiger partial charge on any atom is -0.351 e. The van der Waals surface area contributed by atoms with Gasteiger partial charge >= 0.3 is 0 Å². The second kappa shape index (κ2) is 7.31. The molecule has 0 aliphatic carbocycles. The number of rotatable bonds is 5. The third-order valence-corrected chi connectivity index (χ3v) is 3.95. The van der Waals surface area contributed by atoms with E-state index in [1.54, 1.807) is 6.20 Å². The molecular weight excluding hydrogens is 292 g/mol. The molecule has 0 fully saturated rings. The van der Waals surface area contributed by atoms with Crippen molar-refractivity contribution in [1.82, 2.24) is 10.3 Å². The molecule has 0 unspecified atom stereocenters. The highest BCUT2D eigenvalue weighted by molar-refractivity contribution is 8.00. The van der Waals surface area contributed by atoms with Gasteiger partial charge in [-0.25, -0.2) is 4.98 Å². The molecule has 2 aromatic rings. The number of thioether (sulfide) groups is 1. The molecule has 104 valence electrons. The quantitative estimate of drug-likeness (QED) is 0.859. The van der Waals surface area contributed by atoms with E-state index in [-0.39, 0.29) is 11.2 Å². The van der Waals surface area contributed by atoms with Gasteiger partial charge in [0.1, 0.15) is 0 Å². The Bertz CT molecular complexity index is 577. The van der Waals surface area contributed by atoms with E-state index in [0.717, 1.165) is 10.6 Å². The van der Waals surface area contributed by atoms with Gasteiger partial charge in [-0.05, 0) is 36.8 Å². The molecule has 1 aromatic carbocycles. The highest BCUT2D eigenvalue weighted by atomic mass is 35.5. The number of carbonyl (C=O) groups excluding carboxylic acids is 1. The summed E-state index contributed by atoms with van der Waals surface area (Å²) >= 11 is 7.35. The van der Waals surface area contributed by atoms with E-state index in [1.165, 1.54) is 11.8 Å². The number of halogens is 1. The summed E-state index contributed by atoms with van der Waals surface area (Å²) in [5.74, 6) is -0.0133. The fourth-order valence-electron chi connectivity index (χ4n) is 1.63. The smallest absolute Gasteiger partial charge is 0.233 e. The number of benzene rings is 1. The molecule has 3 nitrogen and oxygen atoms in total. The third kappa shape index (κ3) is 4.54. The Morgan fingerprint density at radius 1 is 1.35 bits per heavy atom. The zero-order chi connectivity index (χ0) is 14.4. The predicted molar refractivity (Wildman–Crippen MR) is 82.9 cm³/mol. The van der Waals surface area contributed by atoms with Crippen molar-refractivity contribution >= 4 is 29.3 Å². The van der Waals surface area contributed by atoms with Crippen LogP contribution in [0.25, 0.3) is 0 Å². The second-order valence-corrected chi connectivity index (χ2v) is 6.07. The molecule has 1 amide bonds. The third-order valence-electron chi connectivity index (χ3n) is 2.66. The van der Waals surface area contributed by atoms with Crippen LogP contribution in [0.4, 0.5) is 0 Å². The van der Waals surface area contributed by atoms with Crippen molar-refractivity contribution in [2.45, 2.75) is 23.7 Å². The molecule has 0 saturated carbocycles. The van der Waals surface area contributed by atoms with Gasteiger partial charge in [0.25, 0.3) is 0 Å². The van der Waals surface area contributed by atoms with Crippen LogP contribution in [-0.4, -0.2) is 16.1 Å². The molecule has 2 rings (SSSR count). The minimum atomic E-state index is -0.191. The van der Waals surface area contributed by atoms with E-state index in [9.17, 15) is 4.79 Å². The van der Waals surface area contributed by atoms with Gasteiger partial charge < -0.3 is 5.32 Å². The lowest BCUT2D eigenvalue weighted by Crippen LogP contribution is -2.30. The van der Waals surface area contributed by atoms with Crippen LogP contribution in [0, 0.1) is 0 Å². The summed E-state index contributed by atoms with van der Waals surface area (Å²) in [5, 5.41) is 4.23. The molecule has 5 heteroatoms. The number of nitrogens with one attached hydrogen (secondary N) is 1. The zero-order valence-corrected chi connectivity index (χ0v) is 12.6. The lowest BCUT2D eigenvalue weighted by Gasteiger charge is -2.11. The Morgan fingerprint density at radius 2 is 2.20 bits per heavy atom. The maximum Gasteiger partial charge on any atom is 0.233 e. The highest BCUT2D eigenvalue weighted by Gasteiger charge is 2.14. The molecule has 0 aliphatic heterocycles. The fourth-order valence-corrected chi connectivity index (χ4v) is 2.68. The van der Waals surface area contributed by atoms with Gasteiger partial charge in [-0.2, -0.15) is 0 Å². The van der Waals surface area contributed by atoms with E-state index in [2.05, 4.69) is 10.3 Å². The van der Waals surface area contributed by atoms with Gasteiger partial charge in [0.2, 0.25) is 5.91 Å².